The van der Waals surface area contributed by atoms with Gasteiger partial charge in [-0.15, -0.1) is 0 Å². The van der Waals surface area contributed by atoms with Gasteiger partial charge in [-0.05, 0) is 38.5 Å². The molecule has 0 spiro atoms. The van der Waals surface area contributed by atoms with Gasteiger partial charge in [-0.25, -0.2) is 4.57 Å². The van der Waals surface area contributed by atoms with E-state index in [2.05, 4.69) is 31.3 Å². The van der Waals surface area contributed by atoms with Gasteiger partial charge >= 0.3 is 7.82 Å². The van der Waals surface area contributed by atoms with Crippen molar-refractivity contribution in [3.8, 4) is 0 Å². The van der Waals surface area contributed by atoms with Gasteiger partial charge in [0, 0.05) is 6.42 Å². The minimum Gasteiger partial charge on any atom is -0.387 e. The third kappa shape index (κ3) is 37.3. The maximum atomic E-state index is 12.8. The van der Waals surface area contributed by atoms with Crippen LogP contribution in [0.25, 0.3) is 0 Å². The van der Waals surface area contributed by atoms with Gasteiger partial charge in [0.05, 0.1) is 39.9 Å². The van der Waals surface area contributed by atoms with E-state index in [4.69, 9.17) is 9.05 Å². The van der Waals surface area contributed by atoms with Crippen LogP contribution in [-0.2, 0) is 18.4 Å². The summed E-state index contributed by atoms with van der Waals surface area (Å²) in [5.41, 5.74) is 0. The van der Waals surface area contributed by atoms with Gasteiger partial charge in [-0.2, -0.15) is 0 Å². The lowest BCUT2D eigenvalue weighted by atomic mass is 10.0. The largest absolute Gasteiger partial charge is 0.472 e. The van der Waals surface area contributed by atoms with Gasteiger partial charge < -0.3 is 19.8 Å². The Morgan fingerprint density at radius 1 is 0.635 bits per heavy atom. The van der Waals surface area contributed by atoms with Crippen molar-refractivity contribution in [3.63, 3.8) is 0 Å². The summed E-state index contributed by atoms with van der Waals surface area (Å²) in [5, 5.41) is 13.8. The highest BCUT2D eigenvalue weighted by Crippen LogP contribution is 2.43. The Hall–Kier alpha value is -1.02. The first-order valence-electron chi connectivity index (χ1n) is 21.7. The van der Waals surface area contributed by atoms with Crippen molar-refractivity contribution in [2.45, 2.75) is 206 Å². The van der Waals surface area contributed by atoms with E-state index in [0.717, 1.165) is 57.8 Å². The lowest BCUT2D eigenvalue weighted by Gasteiger charge is -2.25. The van der Waals surface area contributed by atoms with Crippen LogP contribution in [0.4, 0.5) is 0 Å². The van der Waals surface area contributed by atoms with Crippen LogP contribution in [0.5, 0.6) is 0 Å². The molecule has 0 fully saturated rings. The van der Waals surface area contributed by atoms with Crippen LogP contribution >= 0.6 is 7.82 Å². The number of nitrogens with zero attached hydrogens (tertiary/aromatic N) is 1. The quantitative estimate of drug-likeness (QED) is 0.0250. The summed E-state index contributed by atoms with van der Waals surface area (Å²) in [5.74, 6) is -0.192. The molecule has 3 N–H and O–H groups in total. The first-order valence-corrected chi connectivity index (χ1v) is 23.2. The first kappa shape index (κ1) is 51.0. The first-order chi connectivity index (χ1) is 25.0. The van der Waals surface area contributed by atoms with Crippen LogP contribution in [0.3, 0.4) is 0 Å². The number of rotatable bonds is 39. The Balaban J connectivity index is 4.36. The van der Waals surface area contributed by atoms with Crippen LogP contribution in [0.1, 0.15) is 194 Å². The number of carbonyl (C=O) groups is 1. The second kappa shape index (κ2) is 35.7. The molecule has 52 heavy (non-hydrogen) atoms. The zero-order valence-electron chi connectivity index (χ0n) is 34.8. The van der Waals surface area contributed by atoms with Crippen LogP contribution < -0.4 is 5.32 Å². The molecule has 0 aromatic carbocycles. The van der Waals surface area contributed by atoms with Gasteiger partial charge in [0.25, 0.3) is 0 Å². The molecular formula is C43H86N2O6P+. The Kier molecular flexibility index (Phi) is 35.0. The van der Waals surface area contributed by atoms with E-state index < -0.39 is 20.0 Å². The van der Waals surface area contributed by atoms with Gasteiger partial charge in [-0.1, -0.05) is 173 Å². The monoisotopic (exact) mass is 758 g/mol. The van der Waals surface area contributed by atoms with E-state index >= 15 is 0 Å². The molecule has 0 rings (SSSR count). The summed E-state index contributed by atoms with van der Waals surface area (Å²) in [6, 6.07) is -0.847. The lowest BCUT2D eigenvalue weighted by molar-refractivity contribution is -0.870. The molecule has 0 heterocycles. The number of aliphatic hydroxyl groups excluding tert-OH is 1. The number of aliphatic hydroxyl groups is 1. The van der Waals surface area contributed by atoms with Crippen LogP contribution in [-0.4, -0.2) is 73.4 Å². The number of allylic oxidation sites excluding steroid dienone is 3. The maximum absolute atomic E-state index is 12.8. The van der Waals surface area contributed by atoms with Crippen molar-refractivity contribution in [2.75, 3.05) is 40.9 Å². The van der Waals surface area contributed by atoms with Crippen molar-refractivity contribution in [2.24, 2.45) is 0 Å². The number of hydrogen-bond acceptors (Lipinski definition) is 5. The molecule has 3 unspecified atom stereocenters. The smallest absolute Gasteiger partial charge is 0.387 e. The molecule has 0 bridgehead atoms. The Labute approximate surface area is 322 Å². The summed E-state index contributed by atoms with van der Waals surface area (Å²) >= 11 is 0. The highest BCUT2D eigenvalue weighted by Gasteiger charge is 2.27. The zero-order valence-corrected chi connectivity index (χ0v) is 35.7. The molecule has 0 aliphatic heterocycles. The lowest BCUT2D eigenvalue weighted by Crippen LogP contribution is -2.45. The molecule has 8 nitrogen and oxygen atoms in total. The number of quaternary nitrogens is 1. The summed E-state index contributed by atoms with van der Waals surface area (Å²) in [4.78, 5) is 23.0. The van der Waals surface area contributed by atoms with Crippen molar-refractivity contribution in [1.82, 2.24) is 5.32 Å². The van der Waals surface area contributed by atoms with Gasteiger partial charge in [0.1, 0.15) is 13.2 Å². The predicted molar refractivity (Wildman–Crippen MR) is 221 cm³/mol. The summed E-state index contributed by atoms with van der Waals surface area (Å²) in [6.07, 6.45) is 41.1. The van der Waals surface area contributed by atoms with Crippen molar-refractivity contribution < 1.29 is 32.9 Å². The minimum absolute atomic E-state index is 0.0602. The topological polar surface area (TPSA) is 105 Å². The maximum Gasteiger partial charge on any atom is 0.472 e. The fourth-order valence-electron chi connectivity index (χ4n) is 6.14. The standard InChI is InChI=1S/C43H85N2O6P/c1-6-8-10-12-14-16-18-19-20-21-22-23-24-25-26-27-28-30-32-34-36-42(46)41(40-51-52(48,49)50-39-38-45(3,4)5)44-43(47)37-35-33-31-29-17-15-13-11-9-7-2/h13,15,34,36,41-42,46H,6-12,14,16-33,35,37-40H2,1-5H3,(H-,44,47,48,49)/p+1/b15-13-,36-34+. The molecule has 1 amide bonds. The second-order valence-corrected chi connectivity index (χ2v) is 17.5. The summed E-state index contributed by atoms with van der Waals surface area (Å²) < 4.78 is 23.5. The van der Waals surface area contributed by atoms with Gasteiger partial charge in [0.2, 0.25) is 5.91 Å². The number of hydrogen-bond donors (Lipinski definition) is 3. The number of phosphoric ester groups is 1. The van der Waals surface area contributed by atoms with Crippen molar-refractivity contribution >= 4 is 13.7 Å². The predicted octanol–water partition coefficient (Wildman–Crippen LogP) is 11.7. The molecule has 308 valence electrons. The van der Waals surface area contributed by atoms with E-state index in [1.807, 2.05) is 27.2 Å². The average molecular weight is 758 g/mol. The van der Waals surface area contributed by atoms with E-state index in [1.165, 1.54) is 116 Å². The van der Waals surface area contributed by atoms with Crippen LogP contribution in [0, 0.1) is 0 Å². The minimum atomic E-state index is -4.33. The SMILES string of the molecule is CCCC/C=C\CCCCCCC(=O)NC(COP(=O)(O)OCC[N+](C)(C)C)C(O)/C=C/CCCCCCCCCCCCCCCCCCCC. The highest BCUT2D eigenvalue weighted by molar-refractivity contribution is 7.47. The molecule has 0 radical (unpaired) electrons. The normalized spacial score (nSPS) is 14.7. The van der Waals surface area contributed by atoms with Crippen molar-refractivity contribution in [1.29, 1.82) is 0 Å². The molecule has 0 saturated heterocycles. The fourth-order valence-corrected chi connectivity index (χ4v) is 6.87. The van der Waals surface area contributed by atoms with E-state index in [1.54, 1.807) is 6.08 Å². The molecule has 0 aromatic heterocycles. The molecule has 0 aliphatic rings. The molecule has 9 heteroatoms. The van der Waals surface area contributed by atoms with E-state index in [9.17, 15) is 19.4 Å². The number of likely N-dealkylation sites (N-methyl/N-ethyl adjacent to an activating group) is 1. The summed E-state index contributed by atoms with van der Waals surface area (Å²) in [6.45, 7) is 4.76. The number of phosphoric acid groups is 1. The summed E-state index contributed by atoms with van der Waals surface area (Å²) in [7, 11) is 1.57. The molecule has 0 aliphatic carbocycles. The van der Waals surface area contributed by atoms with Crippen molar-refractivity contribution in [3.05, 3.63) is 24.3 Å². The van der Waals surface area contributed by atoms with Crippen LogP contribution in [0.15, 0.2) is 24.3 Å². The Morgan fingerprint density at radius 3 is 1.54 bits per heavy atom. The average Bonchev–Trinajstić information content (AvgIpc) is 3.09. The third-order valence-corrected chi connectivity index (χ3v) is 10.6. The number of amides is 1. The highest BCUT2D eigenvalue weighted by atomic mass is 31.2. The molecule has 0 saturated carbocycles. The van der Waals surface area contributed by atoms with Crippen LogP contribution in [0.2, 0.25) is 0 Å². The van der Waals surface area contributed by atoms with E-state index in [0.29, 0.717) is 17.4 Å². The zero-order chi connectivity index (χ0) is 38.6. The van der Waals surface area contributed by atoms with E-state index in [-0.39, 0.29) is 19.1 Å². The number of carbonyl (C=O) groups excluding carboxylic acids is 1. The molecular weight excluding hydrogens is 671 g/mol. The number of nitrogens with one attached hydrogen (secondary N) is 1. The second-order valence-electron chi connectivity index (χ2n) is 16.1. The Morgan fingerprint density at radius 2 is 1.06 bits per heavy atom. The fraction of sp³-hybridized carbons (Fsp3) is 0.884. The number of unbranched alkanes of at least 4 members (excludes halogenated alkanes) is 24. The molecule has 3 atom stereocenters. The third-order valence-electron chi connectivity index (χ3n) is 9.67. The van der Waals surface area contributed by atoms with Gasteiger partial charge in [0.15, 0.2) is 0 Å². The molecule has 0 aromatic rings. The Bertz CT molecular complexity index is 907. The van der Waals surface area contributed by atoms with Gasteiger partial charge in [-0.3, -0.25) is 13.8 Å².